The van der Waals surface area contributed by atoms with Crippen molar-refractivity contribution in [2.24, 2.45) is 0 Å². The van der Waals surface area contributed by atoms with Crippen molar-refractivity contribution in [3.8, 4) is 10.6 Å². The highest BCUT2D eigenvalue weighted by molar-refractivity contribution is 7.23. The van der Waals surface area contributed by atoms with E-state index in [0.717, 1.165) is 41.8 Å². The van der Waals surface area contributed by atoms with Crippen LogP contribution in [0.15, 0.2) is 30.9 Å². The van der Waals surface area contributed by atoms with E-state index in [2.05, 4.69) is 30.1 Å². The van der Waals surface area contributed by atoms with E-state index in [-0.39, 0.29) is 18.0 Å². The normalized spacial score (nSPS) is 16.0. The van der Waals surface area contributed by atoms with E-state index in [1.165, 1.54) is 17.4 Å². The van der Waals surface area contributed by atoms with Crippen LogP contribution in [0.25, 0.3) is 20.8 Å². The van der Waals surface area contributed by atoms with Crippen LogP contribution in [0.3, 0.4) is 0 Å². The molecule has 1 N–H and O–H groups in total. The number of carbonyl (C=O) groups excluding carboxylic acids is 2. The van der Waals surface area contributed by atoms with Gasteiger partial charge < -0.3 is 15.0 Å². The summed E-state index contributed by atoms with van der Waals surface area (Å²) in [5.74, 6) is -0.265. The van der Waals surface area contributed by atoms with Gasteiger partial charge in [0.2, 0.25) is 5.91 Å². The Morgan fingerprint density at radius 3 is 2.75 bits per heavy atom. The van der Waals surface area contributed by atoms with E-state index in [4.69, 9.17) is 9.72 Å². The first kappa shape index (κ1) is 22.5. The van der Waals surface area contributed by atoms with Gasteiger partial charge in [0, 0.05) is 17.0 Å². The number of hydrogen-bond donors (Lipinski definition) is 1. The van der Waals surface area contributed by atoms with E-state index in [1.54, 1.807) is 16.2 Å². The molecule has 8 heteroatoms. The van der Waals surface area contributed by atoms with Gasteiger partial charge in [-0.25, -0.2) is 9.78 Å². The Bertz CT molecular complexity index is 1220. The first-order valence-electron chi connectivity index (χ1n) is 10.5. The minimum atomic E-state index is -0.556. The van der Waals surface area contributed by atoms with Crippen LogP contribution < -0.4 is 5.32 Å². The first-order chi connectivity index (χ1) is 15.1. The number of amides is 2. The van der Waals surface area contributed by atoms with E-state index >= 15 is 0 Å². The molecule has 0 bridgehead atoms. The molecule has 1 atom stereocenters. The summed E-state index contributed by atoms with van der Waals surface area (Å²) in [6.07, 6.45) is 1.61. The number of nitrogens with zero attached hydrogens (tertiary/aromatic N) is 2. The monoisotopic (exact) mass is 469 g/mol. The Morgan fingerprint density at radius 2 is 2.06 bits per heavy atom. The van der Waals surface area contributed by atoms with Gasteiger partial charge in [-0.05, 0) is 70.4 Å². The summed E-state index contributed by atoms with van der Waals surface area (Å²) in [7, 11) is 0. The number of hydrogen-bond acceptors (Lipinski definition) is 6. The van der Waals surface area contributed by atoms with Gasteiger partial charge in [0.05, 0.1) is 16.3 Å². The molecule has 0 spiro atoms. The zero-order valence-corrected chi connectivity index (χ0v) is 20.6. The van der Waals surface area contributed by atoms with Gasteiger partial charge in [0.15, 0.2) is 0 Å². The number of fused-ring (bicyclic) bond motifs is 2. The number of aryl methyl sites for hydroxylation is 1. The lowest BCUT2D eigenvalue weighted by atomic mass is 9.98. The standard InChI is InChI=1S/C24H27N3O3S2/c1-7-18(28)26-22-19(21-25-16-12-13(2)8-9-17(16)31-21)15-10-11-27(14(3)20(15)32-22)23(29)30-24(4,5)6/h7-9,12,14H,1,10-11H2,2-6H3,(H,26,28). The number of anilines is 1. The summed E-state index contributed by atoms with van der Waals surface area (Å²) in [4.78, 5) is 32.7. The molecule has 1 aliphatic rings. The second kappa shape index (κ2) is 8.33. The van der Waals surface area contributed by atoms with Crippen LogP contribution in [0.4, 0.5) is 9.80 Å². The predicted molar refractivity (Wildman–Crippen MR) is 132 cm³/mol. The van der Waals surface area contributed by atoms with Gasteiger partial charge in [0.1, 0.15) is 15.6 Å². The van der Waals surface area contributed by atoms with Crippen molar-refractivity contribution in [3.05, 3.63) is 46.9 Å². The van der Waals surface area contributed by atoms with Crippen molar-refractivity contribution in [3.63, 3.8) is 0 Å². The SMILES string of the molecule is C=CC(=O)Nc1sc2c(c1-c1nc3cc(C)ccc3s1)CCN(C(=O)OC(C)(C)C)C2C. The van der Waals surface area contributed by atoms with Gasteiger partial charge in [-0.1, -0.05) is 12.6 Å². The molecule has 3 aromatic rings. The number of benzene rings is 1. The quantitative estimate of drug-likeness (QED) is 0.456. The van der Waals surface area contributed by atoms with Crippen LogP contribution in [-0.4, -0.2) is 34.0 Å². The number of aromatic nitrogens is 1. The van der Waals surface area contributed by atoms with E-state index < -0.39 is 5.60 Å². The molecule has 0 aliphatic carbocycles. The number of ether oxygens (including phenoxy) is 1. The smallest absolute Gasteiger partial charge is 0.410 e. The number of carbonyl (C=O) groups is 2. The summed E-state index contributed by atoms with van der Waals surface area (Å²) in [5, 5.41) is 4.59. The summed E-state index contributed by atoms with van der Waals surface area (Å²) >= 11 is 3.11. The van der Waals surface area contributed by atoms with Crippen molar-refractivity contribution in [1.29, 1.82) is 0 Å². The van der Waals surface area contributed by atoms with Crippen molar-refractivity contribution >= 4 is 49.9 Å². The van der Waals surface area contributed by atoms with Crippen LogP contribution >= 0.6 is 22.7 Å². The molecule has 0 saturated carbocycles. The molecular formula is C24H27N3O3S2. The molecule has 1 unspecified atom stereocenters. The van der Waals surface area contributed by atoms with E-state index in [9.17, 15) is 9.59 Å². The maximum Gasteiger partial charge on any atom is 0.410 e. The molecule has 6 nitrogen and oxygen atoms in total. The first-order valence-corrected chi connectivity index (χ1v) is 12.2. The van der Waals surface area contributed by atoms with E-state index in [1.807, 2.05) is 34.6 Å². The topological polar surface area (TPSA) is 71.5 Å². The summed E-state index contributed by atoms with van der Waals surface area (Å²) in [5.41, 5.74) is 3.64. The molecule has 3 heterocycles. The Hall–Kier alpha value is -2.71. The number of thiazole rings is 1. The average Bonchev–Trinajstić information content (AvgIpc) is 3.27. The minimum absolute atomic E-state index is 0.164. The fourth-order valence-electron chi connectivity index (χ4n) is 3.83. The second-order valence-electron chi connectivity index (χ2n) is 8.93. The molecule has 0 fully saturated rings. The van der Waals surface area contributed by atoms with Crippen molar-refractivity contribution in [1.82, 2.24) is 9.88 Å². The summed E-state index contributed by atoms with van der Waals surface area (Å²) < 4.78 is 6.72. The Kier molecular flexibility index (Phi) is 5.85. The maximum absolute atomic E-state index is 12.8. The Balaban J connectivity index is 1.79. The predicted octanol–water partition coefficient (Wildman–Crippen LogP) is 6.31. The molecular weight excluding hydrogens is 442 g/mol. The van der Waals surface area contributed by atoms with Gasteiger partial charge in [0.25, 0.3) is 0 Å². The molecule has 4 rings (SSSR count). The number of nitrogens with one attached hydrogen (secondary N) is 1. The highest BCUT2D eigenvalue weighted by Crippen LogP contribution is 2.48. The van der Waals surface area contributed by atoms with E-state index in [0.29, 0.717) is 13.0 Å². The minimum Gasteiger partial charge on any atom is -0.444 e. The lowest BCUT2D eigenvalue weighted by Gasteiger charge is -2.35. The van der Waals surface area contributed by atoms with Gasteiger partial charge in [-0.15, -0.1) is 22.7 Å². The van der Waals surface area contributed by atoms with Crippen LogP contribution in [0.5, 0.6) is 0 Å². The second-order valence-corrected chi connectivity index (χ2v) is 11.0. The molecule has 2 aromatic heterocycles. The highest BCUT2D eigenvalue weighted by atomic mass is 32.1. The van der Waals surface area contributed by atoms with Crippen LogP contribution in [0.1, 0.15) is 49.7 Å². The zero-order valence-electron chi connectivity index (χ0n) is 18.9. The average molecular weight is 470 g/mol. The molecule has 32 heavy (non-hydrogen) atoms. The van der Waals surface area contributed by atoms with Gasteiger partial charge in [-0.2, -0.15) is 0 Å². The van der Waals surface area contributed by atoms with Crippen molar-refractivity contribution in [2.45, 2.75) is 52.7 Å². The lowest BCUT2D eigenvalue weighted by Crippen LogP contribution is -2.41. The summed E-state index contributed by atoms with van der Waals surface area (Å²) in [6, 6.07) is 6.07. The molecule has 1 aromatic carbocycles. The third kappa shape index (κ3) is 4.29. The zero-order chi connectivity index (χ0) is 23.2. The number of thiophene rings is 1. The fraction of sp³-hybridized carbons (Fsp3) is 0.375. The Labute approximate surface area is 195 Å². The van der Waals surface area contributed by atoms with Crippen LogP contribution in [0, 0.1) is 6.92 Å². The van der Waals surface area contributed by atoms with Gasteiger partial charge in [-0.3, -0.25) is 4.79 Å². The highest BCUT2D eigenvalue weighted by Gasteiger charge is 2.35. The maximum atomic E-state index is 12.8. The van der Waals surface area contributed by atoms with Crippen molar-refractivity contribution < 1.29 is 14.3 Å². The molecule has 0 saturated heterocycles. The number of rotatable bonds is 3. The third-order valence-electron chi connectivity index (χ3n) is 5.30. The van der Waals surface area contributed by atoms with Crippen LogP contribution in [0.2, 0.25) is 0 Å². The fourth-order valence-corrected chi connectivity index (χ4v) is 6.24. The molecule has 2 amide bonds. The third-order valence-corrected chi connectivity index (χ3v) is 7.67. The summed E-state index contributed by atoms with van der Waals surface area (Å²) in [6.45, 7) is 13.8. The molecule has 1 aliphatic heterocycles. The Morgan fingerprint density at radius 1 is 1.31 bits per heavy atom. The largest absolute Gasteiger partial charge is 0.444 e. The lowest BCUT2D eigenvalue weighted by molar-refractivity contribution is -0.111. The van der Waals surface area contributed by atoms with Crippen LogP contribution in [-0.2, 0) is 16.0 Å². The van der Waals surface area contributed by atoms with Crippen molar-refractivity contribution in [2.75, 3.05) is 11.9 Å². The molecule has 0 radical (unpaired) electrons. The van der Waals surface area contributed by atoms with Gasteiger partial charge >= 0.3 is 6.09 Å². The molecule has 168 valence electrons.